The van der Waals surface area contributed by atoms with Gasteiger partial charge in [0, 0.05) is 5.38 Å². The van der Waals surface area contributed by atoms with Crippen molar-refractivity contribution in [2.45, 2.75) is 6.42 Å². The van der Waals surface area contributed by atoms with Gasteiger partial charge in [-0.15, -0.1) is 11.3 Å². The molecule has 0 radical (unpaired) electrons. The Morgan fingerprint density at radius 1 is 1.85 bits per heavy atom. The van der Waals surface area contributed by atoms with Crippen molar-refractivity contribution in [3.8, 4) is 0 Å². The molecule has 13 heavy (non-hydrogen) atoms. The minimum absolute atomic E-state index is 0.168. The third-order valence-corrected chi connectivity index (χ3v) is 1.98. The fourth-order valence-corrected chi connectivity index (χ4v) is 1.32. The summed E-state index contributed by atoms with van der Waals surface area (Å²) in [4.78, 5) is 15.0. The number of carbonyl (C=O) groups is 1. The van der Waals surface area contributed by atoms with Crippen LogP contribution in [0, 0.1) is 0 Å². The number of hydrogen-bond acceptors (Lipinski definition) is 5. The molecule has 1 aromatic heterocycles. The molecule has 0 saturated carbocycles. The van der Waals surface area contributed by atoms with Gasteiger partial charge < -0.3 is 10.5 Å². The number of nitrogen functional groups attached to an aromatic ring is 1. The van der Waals surface area contributed by atoms with Crippen LogP contribution < -0.4 is 5.73 Å². The summed E-state index contributed by atoms with van der Waals surface area (Å²) >= 11 is 1.31. The van der Waals surface area contributed by atoms with E-state index in [9.17, 15) is 4.79 Å². The predicted molar refractivity (Wildman–Crippen MR) is 51.4 cm³/mol. The molecule has 1 rings (SSSR count). The molecule has 0 aromatic carbocycles. The van der Waals surface area contributed by atoms with Crippen LogP contribution in [0.2, 0.25) is 0 Å². The summed E-state index contributed by atoms with van der Waals surface area (Å²) in [5.41, 5.74) is 6.04. The molecule has 0 aliphatic rings. The Labute approximate surface area is 80.0 Å². The maximum absolute atomic E-state index is 11.0. The molecule has 70 valence electrons. The number of ether oxygens (including phenoxy) is 1. The number of nitrogens with two attached hydrogens (primary N) is 1. The highest BCUT2D eigenvalue weighted by atomic mass is 32.1. The van der Waals surface area contributed by atoms with Crippen molar-refractivity contribution in [3.05, 3.63) is 23.7 Å². The van der Waals surface area contributed by atoms with Gasteiger partial charge in [0.2, 0.25) is 0 Å². The SMILES string of the molecule is C=CCOC(=O)Cc1csc(N)n1. The minimum Gasteiger partial charge on any atom is -0.461 e. The summed E-state index contributed by atoms with van der Waals surface area (Å²) in [5.74, 6) is -0.315. The smallest absolute Gasteiger partial charge is 0.312 e. The van der Waals surface area contributed by atoms with Crippen LogP contribution in [0.1, 0.15) is 5.69 Å². The van der Waals surface area contributed by atoms with Gasteiger partial charge in [0.05, 0.1) is 12.1 Å². The van der Waals surface area contributed by atoms with Crippen molar-refractivity contribution < 1.29 is 9.53 Å². The normalized spacial score (nSPS) is 9.54. The van der Waals surface area contributed by atoms with Crippen molar-refractivity contribution in [3.63, 3.8) is 0 Å². The first kappa shape index (κ1) is 9.73. The van der Waals surface area contributed by atoms with E-state index in [1.54, 1.807) is 5.38 Å². The van der Waals surface area contributed by atoms with Crippen molar-refractivity contribution in [1.82, 2.24) is 4.98 Å². The largest absolute Gasteiger partial charge is 0.461 e. The van der Waals surface area contributed by atoms with E-state index in [2.05, 4.69) is 11.6 Å². The van der Waals surface area contributed by atoms with Crippen LogP contribution in [0.25, 0.3) is 0 Å². The Balaban J connectivity index is 2.40. The van der Waals surface area contributed by atoms with Gasteiger partial charge >= 0.3 is 5.97 Å². The van der Waals surface area contributed by atoms with Gasteiger partial charge in [-0.2, -0.15) is 0 Å². The van der Waals surface area contributed by atoms with Gasteiger partial charge in [0.1, 0.15) is 6.61 Å². The van der Waals surface area contributed by atoms with Gasteiger partial charge in [0.25, 0.3) is 0 Å². The minimum atomic E-state index is -0.315. The van der Waals surface area contributed by atoms with Crippen molar-refractivity contribution in [2.24, 2.45) is 0 Å². The lowest BCUT2D eigenvalue weighted by Crippen LogP contribution is -2.08. The first-order valence-electron chi connectivity index (χ1n) is 3.68. The quantitative estimate of drug-likeness (QED) is 0.579. The maximum Gasteiger partial charge on any atom is 0.312 e. The molecule has 0 unspecified atom stereocenters. The lowest BCUT2D eigenvalue weighted by molar-refractivity contribution is -0.141. The molecule has 0 spiro atoms. The van der Waals surface area contributed by atoms with E-state index in [1.807, 2.05) is 0 Å². The average Bonchev–Trinajstić information content (AvgIpc) is 2.48. The second-order valence-electron chi connectivity index (χ2n) is 2.33. The van der Waals surface area contributed by atoms with E-state index in [4.69, 9.17) is 10.5 Å². The Hall–Kier alpha value is -1.36. The number of nitrogens with zero attached hydrogens (tertiary/aromatic N) is 1. The molecule has 1 heterocycles. The second kappa shape index (κ2) is 4.61. The molecule has 0 amide bonds. The van der Waals surface area contributed by atoms with Gasteiger partial charge in [0.15, 0.2) is 5.13 Å². The first-order chi connectivity index (χ1) is 6.22. The van der Waals surface area contributed by atoms with E-state index in [0.717, 1.165) is 0 Å². The highest BCUT2D eigenvalue weighted by molar-refractivity contribution is 7.13. The number of hydrogen-bond donors (Lipinski definition) is 1. The molecular weight excluding hydrogens is 188 g/mol. The molecule has 4 nitrogen and oxygen atoms in total. The summed E-state index contributed by atoms with van der Waals surface area (Å²) in [6.07, 6.45) is 1.69. The van der Waals surface area contributed by atoms with Gasteiger partial charge in [-0.3, -0.25) is 4.79 Å². The topological polar surface area (TPSA) is 65.2 Å². The van der Waals surface area contributed by atoms with E-state index >= 15 is 0 Å². The molecular formula is C8H10N2O2S. The Morgan fingerprint density at radius 2 is 2.62 bits per heavy atom. The van der Waals surface area contributed by atoms with Crippen LogP contribution in [0.3, 0.4) is 0 Å². The van der Waals surface area contributed by atoms with Crippen molar-refractivity contribution in [1.29, 1.82) is 0 Å². The lowest BCUT2D eigenvalue weighted by Gasteiger charge is -1.98. The number of aromatic nitrogens is 1. The average molecular weight is 198 g/mol. The van der Waals surface area contributed by atoms with Crippen LogP contribution in [0.4, 0.5) is 5.13 Å². The molecule has 0 fully saturated rings. The monoisotopic (exact) mass is 198 g/mol. The van der Waals surface area contributed by atoms with E-state index in [-0.39, 0.29) is 19.0 Å². The van der Waals surface area contributed by atoms with Gasteiger partial charge in [-0.1, -0.05) is 12.7 Å². The number of carbonyl (C=O) groups excluding carboxylic acids is 1. The van der Waals surface area contributed by atoms with Crippen molar-refractivity contribution >= 4 is 22.4 Å². The maximum atomic E-state index is 11.0. The predicted octanol–water partition coefficient (Wildman–Crippen LogP) is 0.997. The third kappa shape index (κ3) is 3.25. The molecule has 5 heteroatoms. The molecule has 0 atom stereocenters. The fraction of sp³-hybridized carbons (Fsp3) is 0.250. The Bertz CT molecular complexity index is 309. The lowest BCUT2D eigenvalue weighted by atomic mass is 10.3. The van der Waals surface area contributed by atoms with Gasteiger partial charge in [-0.05, 0) is 0 Å². The molecule has 0 bridgehead atoms. The first-order valence-corrected chi connectivity index (χ1v) is 4.56. The number of esters is 1. The number of thiazole rings is 1. The second-order valence-corrected chi connectivity index (χ2v) is 3.22. The molecule has 0 aliphatic heterocycles. The Kier molecular flexibility index (Phi) is 3.45. The summed E-state index contributed by atoms with van der Waals surface area (Å²) in [7, 11) is 0. The molecule has 0 saturated heterocycles. The standard InChI is InChI=1S/C8H10N2O2S/c1-2-3-12-7(11)4-6-5-13-8(9)10-6/h2,5H,1,3-4H2,(H2,9,10). The van der Waals surface area contributed by atoms with Crippen LogP contribution in [0.15, 0.2) is 18.0 Å². The number of anilines is 1. The summed E-state index contributed by atoms with van der Waals surface area (Å²) in [6, 6.07) is 0. The fourth-order valence-electron chi connectivity index (χ4n) is 0.755. The van der Waals surface area contributed by atoms with Crippen molar-refractivity contribution in [2.75, 3.05) is 12.3 Å². The van der Waals surface area contributed by atoms with E-state index in [1.165, 1.54) is 17.4 Å². The summed E-state index contributed by atoms with van der Waals surface area (Å²) in [5, 5.41) is 2.20. The van der Waals surface area contributed by atoms with E-state index < -0.39 is 0 Å². The molecule has 0 aliphatic carbocycles. The summed E-state index contributed by atoms with van der Waals surface area (Å²) in [6.45, 7) is 3.67. The zero-order chi connectivity index (χ0) is 9.68. The van der Waals surface area contributed by atoms with Crippen LogP contribution in [-0.2, 0) is 16.0 Å². The van der Waals surface area contributed by atoms with Gasteiger partial charge in [-0.25, -0.2) is 4.98 Å². The van der Waals surface area contributed by atoms with Crippen LogP contribution in [-0.4, -0.2) is 17.6 Å². The zero-order valence-electron chi connectivity index (χ0n) is 7.03. The van der Waals surface area contributed by atoms with Crippen LogP contribution >= 0.6 is 11.3 Å². The van der Waals surface area contributed by atoms with Crippen LogP contribution in [0.5, 0.6) is 0 Å². The molecule has 2 N–H and O–H groups in total. The summed E-state index contributed by atoms with van der Waals surface area (Å²) < 4.78 is 4.77. The molecule has 1 aromatic rings. The Morgan fingerprint density at radius 3 is 3.15 bits per heavy atom. The van der Waals surface area contributed by atoms with E-state index in [0.29, 0.717) is 10.8 Å². The number of rotatable bonds is 4. The third-order valence-electron chi connectivity index (χ3n) is 1.26. The zero-order valence-corrected chi connectivity index (χ0v) is 7.84. The highest BCUT2D eigenvalue weighted by Crippen LogP contribution is 2.11. The highest BCUT2D eigenvalue weighted by Gasteiger charge is 2.06.